The van der Waals surface area contributed by atoms with Crippen LogP contribution >= 0.6 is 0 Å². The highest BCUT2D eigenvalue weighted by atomic mass is 16.3. The number of amidine groups is 1. The molecule has 2 aromatic carbocycles. The fourth-order valence-corrected chi connectivity index (χ4v) is 2.14. The molecule has 2 N–H and O–H groups in total. The van der Waals surface area contributed by atoms with Crippen molar-refractivity contribution in [2.45, 2.75) is 6.54 Å². The van der Waals surface area contributed by atoms with E-state index in [9.17, 15) is 5.11 Å². The van der Waals surface area contributed by atoms with Crippen molar-refractivity contribution in [3.63, 3.8) is 0 Å². The van der Waals surface area contributed by atoms with Crippen LogP contribution in [-0.2, 0) is 6.54 Å². The second kappa shape index (κ2) is 3.63. The average molecular weight is 224 g/mol. The number of nitrogens with one attached hydrogen (secondary N) is 1. The van der Waals surface area contributed by atoms with Gasteiger partial charge in [0.1, 0.15) is 11.6 Å². The average Bonchev–Trinajstić information content (AvgIpc) is 2.69. The number of nitrogens with zero attached hydrogens (tertiary/aromatic N) is 1. The molecule has 0 aromatic heterocycles. The molecule has 0 aliphatic carbocycles. The van der Waals surface area contributed by atoms with Gasteiger partial charge in [-0.2, -0.15) is 0 Å². The van der Waals surface area contributed by atoms with E-state index >= 15 is 0 Å². The molecular weight excluding hydrogens is 212 g/mol. The summed E-state index contributed by atoms with van der Waals surface area (Å²) in [5.74, 6) is 0.767. The molecule has 3 nitrogen and oxygen atoms in total. The summed E-state index contributed by atoms with van der Waals surface area (Å²) in [5, 5.41) is 17.4. The van der Waals surface area contributed by atoms with Crippen LogP contribution in [0.4, 0.5) is 5.69 Å². The maximum atomic E-state index is 9.27. The lowest BCUT2D eigenvalue weighted by molar-refractivity contribution is 0.475. The fraction of sp³-hybridized carbons (Fsp3) is 0.0714. The first-order chi connectivity index (χ1) is 8.25. The molecule has 1 aliphatic heterocycles. The summed E-state index contributed by atoms with van der Waals surface area (Å²) >= 11 is 0. The standard InChI is InChI=1S/C14H12N2O/c15-14-13-4-2-1-3-10(13)9-16(14)11-5-7-12(17)8-6-11/h1-8,15,17H,9H2. The maximum absolute atomic E-state index is 9.27. The minimum absolute atomic E-state index is 0.247. The number of benzene rings is 2. The van der Waals surface area contributed by atoms with Gasteiger partial charge in [-0.1, -0.05) is 24.3 Å². The quantitative estimate of drug-likeness (QED) is 0.782. The van der Waals surface area contributed by atoms with Gasteiger partial charge in [-0.15, -0.1) is 0 Å². The number of aromatic hydroxyl groups is 1. The van der Waals surface area contributed by atoms with Crippen molar-refractivity contribution in [3.05, 3.63) is 59.7 Å². The van der Waals surface area contributed by atoms with Crippen LogP contribution in [0.25, 0.3) is 0 Å². The third-order valence-corrected chi connectivity index (χ3v) is 3.03. The number of phenolic OH excluding ortho intramolecular Hbond substituents is 1. The van der Waals surface area contributed by atoms with Crippen LogP contribution in [0.15, 0.2) is 48.5 Å². The smallest absolute Gasteiger partial charge is 0.133 e. The van der Waals surface area contributed by atoms with Crippen molar-refractivity contribution < 1.29 is 5.11 Å². The van der Waals surface area contributed by atoms with Crippen LogP contribution in [0, 0.1) is 5.41 Å². The lowest BCUT2D eigenvalue weighted by Gasteiger charge is -2.17. The minimum Gasteiger partial charge on any atom is -0.508 e. The zero-order chi connectivity index (χ0) is 11.8. The van der Waals surface area contributed by atoms with Crippen molar-refractivity contribution in [1.29, 1.82) is 5.41 Å². The summed E-state index contributed by atoms with van der Waals surface area (Å²) in [4.78, 5) is 1.93. The van der Waals surface area contributed by atoms with E-state index < -0.39 is 0 Å². The molecule has 0 saturated carbocycles. The lowest BCUT2D eigenvalue weighted by Crippen LogP contribution is -2.22. The number of hydrogen-bond donors (Lipinski definition) is 2. The van der Waals surface area contributed by atoms with E-state index in [1.807, 2.05) is 41.3 Å². The van der Waals surface area contributed by atoms with Gasteiger partial charge in [0.25, 0.3) is 0 Å². The molecule has 2 aromatic rings. The number of fused-ring (bicyclic) bond motifs is 1. The third kappa shape index (κ3) is 1.56. The zero-order valence-electron chi connectivity index (χ0n) is 9.22. The molecule has 0 saturated heterocycles. The Bertz CT molecular complexity index is 575. The van der Waals surface area contributed by atoms with Gasteiger partial charge in [-0.05, 0) is 29.8 Å². The molecule has 84 valence electrons. The van der Waals surface area contributed by atoms with E-state index in [-0.39, 0.29) is 5.75 Å². The van der Waals surface area contributed by atoms with Crippen molar-refractivity contribution in [3.8, 4) is 5.75 Å². The van der Waals surface area contributed by atoms with E-state index in [0.29, 0.717) is 5.84 Å². The fourth-order valence-electron chi connectivity index (χ4n) is 2.14. The van der Waals surface area contributed by atoms with Gasteiger partial charge >= 0.3 is 0 Å². The van der Waals surface area contributed by atoms with Crippen LogP contribution in [0.1, 0.15) is 11.1 Å². The predicted molar refractivity (Wildman–Crippen MR) is 67.6 cm³/mol. The highest BCUT2D eigenvalue weighted by Gasteiger charge is 2.24. The van der Waals surface area contributed by atoms with E-state index in [4.69, 9.17) is 5.41 Å². The Balaban J connectivity index is 1.99. The highest BCUT2D eigenvalue weighted by Crippen LogP contribution is 2.28. The lowest BCUT2D eigenvalue weighted by atomic mass is 10.1. The third-order valence-electron chi connectivity index (χ3n) is 3.03. The highest BCUT2D eigenvalue weighted by molar-refractivity contribution is 6.11. The van der Waals surface area contributed by atoms with Gasteiger partial charge < -0.3 is 10.0 Å². The largest absolute Gasteiger partial charge is 0.508 e. The van der Waals surface area contributed by atoms with Crippen molar-refractivity contribution in [1.82, 2.24) is 0 Å². The molecule has 0 atom stereocenters. The van der Waals surface area contributed by atoms with Gasteiger partial charge in [0, 0.05) is 11.3 Å². The van der Waals surface area contributed by atoms with E-state index in [2.05, 4.69) is 0 Å². The first kappa shape index (κ1) is 9.90. The molecule has 3 heteroatoms. The number of anilines is 1. The van der Waals surface area contributed by atoms with Crippen LogP contribution < -0.4 is 4.90 Å². The topological polar surface area (TPSA) is 47.3 Å². The summed E-state index contributed by atoms with van der Waals surface area (Å²) < 4.78 is 0. The van der Waals surface area contributed by atoms with Crippen LogP contribution in [0.3, 0.4) is 0 Å². The maximum Gasteiger partial charge on any atom is 0.133 e. The Hall–Kier alpha value is -2.29. The van der Waals surface area contributed by atoms with Crippen LogP contribution in [0.5, 0.6) is 5.75 Å². The van der Waals surface area contributed by atoms with Crippen molar-refractivity contribution in [2.24, 2.45) is 0 Å². The zero-order valence-corrected chi connectivity index (χ0v) is 9.22. The molecular formula is C14H12N2O. The minimum atomic E-state index is 0.247. The van der Waals surface area contributed by atoms with Gasteiger partial charge in [0.05, 0.1) is 6.54 Å². The predicted octanol–water partition coefficient (Wildman–Crippen LogP) is 2.74. The molecule has 0 amide bonds. The van der Waals surface area contributed by atoms with E-state index in [1.54, 1.807) is 12.1 Å². The summed E-state index contributed by atoms with van der Waals surface area (Å²) in [6.45, 7) is 0.722. The first-order valence-electron chi connectivity index (χ1n) is 5.49. The Morgan fingerprint density at radius 3 is 2.41 bits per heavy atom. The second-order valence-corrected chi connectivity index (χ2v) is 4.11. The molecule has 1 heterocycles. The monoisotopic (exact) mass is 224 g/mol. The van der Waals surface area contributed by atoms with Gasteiger partial charge in [-0.25, -0.2) is 0 Å². The van der Waals surface area contributed by atoms with Crippen LogP contribution in [0.2, 0.25) is 0 Å². The Kier molecular flexibility index (Phi) is 2.11. The Morgan fingerprint density at radius 1 is 1.00 bits per heavy atom. The normalized spacial score (nSPS) is 13.9. The van der Waals surface area contributed by atoms with Crippen molar-refractivity contribution >= 4 is 11.5 Å². The molecule has 17 heavy (non-hydrogen) atoms. The molecule has 0 radical (unpaired) electrons. The molecule has 0 bridgehead atoms. The van der Waals surface area contributed by atoms with E-state index in [1.165, 1.54) is 5.56 Å². The van der Waals surface area contributed by atoms with Gasteiger partial charge in [-0.3, -0.25) is 5.41 Å². The SMILES string of the molecule is N=C1c2ccccc2CN1c1ccc(O)cc1. The van der Waals surface area contributed by atoms with Crippen molar-refractivity contribution in [2.75, 3.05) is 4.90 Å². The summed E-state index contributed by atoms with van der Waals surface area (Å²) in [7, 11) is 0. The van der Waals surface area contributed by atoms with Gasteiger partial charge in [0.2, 0.25) is 0 Å². The molecule has 1 aliphatic rings. The Labute approximate surface area is 99.5 Å². The van der Waals surface area contributed by atoms with E-state index in [0.717, 1.165) is 17.8 Å². The molecule has 0 unspecified atom stereocenters. The first-order valence-corrected chi connectivity index (χ1v) is 5.49. The summed E-state index contributed by atoms with van der Waals surface area (Å²) in [6, 6.07) is 14.9. The number of phenols is 1. The summed E-state index contributed by atoms with van der Waals surface area (Å²) in [6.07, 6.45) is 0. The Morgan fingerprint density at radius 2 is 1.71 bits per heavy atom. The van der Waals surface area contributed by atoms with Gasteiger partial charge in [0.15, 0.2) is 0 Å². The number of hydrogen-bond acceptors (Lipinski definition) is 2. The second-order valence-electron chi connectivity index (χ2n) is 4.11. The molecule has 0 spiro atoms. The molecule has 3 rings (SSSR count). The molecule has 0 fully saturated rings. The van der Waals surface area contributed by atoms with Crippen LogP contribution in [-0.4, -0.2) is 10.9 Å². The number of rotatable bonds is 1. The summed E-state index contributed by atoms with van der Waals surface area (Å²) in [5.41, 5.74) is 3.09.